The van der Waals surface area contributed by atoms with Crippen LogP contribution in [0.15, 0.2) is 410 Å². The van der Waals surface area contributed by atoms with Crippen molar-refractivity contribution < 1.29 is 0 Å². The summed E-state index contributed by atoms with van der Waals surface area (Å²) in [4.78, 5) is 24.9. The Labute approximate surface area is 772 Å². The summed E-state index contributed by atoms with van der Waals surface area (Å²) in [7, 11) is 2.14. The highest BCUT2D eigenvalue weighted by Crippen LogP contribution is 2.48. The molecule has 0 aliphatic rings. The molecule has 0 N–H and O–H groups in total. The maximum Gasteiger partial charge on any atom is 0.0462 e. The first-order chi connectivity index (χ1) is 61.5. The zero-order chi connectivity index (χ0) is 85.8. The summed E-state index contributed by atoms with van der Waals surface area (Å²) in [5.74, 6) is 0. The minimum atomic E-state index is 0.0500. The van der Waals surface area contributed by atoms with Crippen LogP contribution in [0.25, 0.3) is 114 Å². The molecule has 0 fully saturated rings. The van der Waals surface area contributed by atoms with Crippen molar-refractivity contribution in [2.45, 2.75) is 59.3 Å². The van der Waals surface area contributed by atoms with Gasteiger partial charge in [0, 0.05) is 128 Å². The first kappa shape index (κ1) is 83.0. The van der Waals surface area contributed by atoms with E-state index in [-0.39, 0.29) is 10.8 Å². The summed E-state index contributed by atoms with van der Waals surface area (Å²) < 4.78 is 0. The van der Waals surface area contributed by atoms with Gasteiger partial charge in [0.25, 0.3) is 0 Å². The number of anilines is 11. The first-order valence-corrected chi connectivity index (χ1v) is 49.2. The number of thiophene rings is 8. The summed E-state index contributed by atoms with van der Waals surface area (Å²) in [6, 6.07) is 143. The normalized spacial score (nSPS) is 11.5. The largest absolute Gasteiger partial charge is 0.345 e. The van der Waals surface area contributed by atoms with Crippen LogP contribution in [0.2, 0.25) is 0 Å². The van der Waals surface area contributed by atoms with E-state index in [1.807, 2.05) is 45.3 Å². The van der Waals surface area contributed by atoms with Crippen LogP contribution in [0, 0.1) is 6.92 Å². The van der Waals surface area contributed by atoms with Crippen LogP contribution < -0.4 is 19.6 Å². The Bertz CT molecular complexity index is 6700. The lowest BCUT2D eigenvalue weighted by Gasteiger charge is -2.27. The first-order valence-electron chi connectivity index (χ1n) is 42.4. The molecule has 20 aromatic rings. The van der Waals surface area contributed by atoms with E-state index in [1.54, 1.807) is 45.3 Å². The van der Waals surface area contributed by atoms with Crippen molar-refractivity contribution in [3.05, 3.63) is 426 Å². The molecule has 12 aromatic carbocycles. The van der Waals surface area contributed by atoms with E-state index < -0.39 is 0 Å². The van der Waals surface area contributed by atoms with Crippen molar-refractivity contribution in [2.75, 3.05) is 26.6 Å². The number of benzene rings is 12. The molecule has 8 heterocycles. The van der Waals surface area contributed by atoms with Crippen LogP contribution in [0.3, 0.4) is 0 Å². The molecule has 0 radical (unpaired) electrons. The third-order valence-corrected chi connectivity index (χ3v) is 31.8. The molecule has 0 unspecified atom stereocenters. The fraction of sp³-hybridized carbons (Fsp3) is 0.0877. The van der Waals surface area contributed by atoms with Crippen LogP contribution in [-0.4, -0.2) is 7.05 Å². The van der Waals surface area contributed by atoms with Crippen molar-refractivity contribution in [3.63, 3.8) is 0 Å². The Morgan fingerprint density at radius 3 is 0.548 bits per heavy atom. The summed E-state index contributed by atoms with van der Waals surface area (Å²) in [5.41, 5.74) is 28.5. The highest BCUT2D eigenvalue weighted by molar-refractivity contribution is 7.25. The van der Waals surface area contributed by atoms with Crippen molar-refractivity contribution in [3.8, 4) is 114 Å². The number of hydrogen-bond acceptors (Lipinski definition) is 12. The maximum atomic E-state index is 2.37. The topological polar surface area (TPSA) is 13.0 Å². The Kier molecular flexibility index (Phi) is 24.1. The zero-order valence-corrected chi connectivity index (χ0v) is 77.8. The van der Waals surface area contributed by atoms with Gasteiger partial charge in [0.15, 0.2) is 0 Å². The molecule has 0 aliphatic heterocycles. The van der Waals surface area contributed by atoms with Crippen LogP contribution in [-0.2, 0) is 10.8 Å². The molecule has 126 heavy (non-hydrogen) atoms. The van der Waals surface area contributed by atoms with Gasteiger partial charge in [-0.3, -0.25) is 0 Å². The molecule has 12 heteroatoms. The van der Waals surface area contributed by atoms with E-state index in [1.165, 1.54) is 125 Å². The minimum absolute atomic E-state index is 0.0500. The number of hydrogen-bond donors (Lipinski definition) is 0. The molecule has 20 rings (SSSR count). The average molecular weight is 1770 g/mol. The average Bonchev–Trinajstić information content (AvgIpc) is 1.69. The second-order valence-corrected chi connectivity index (χ2v) is 41.6. The Hall–Kier alpha value is -12.6. The molecule has 0 bridgehead atoms. The summed E-state index contributed by atoms with van der Waals surface area (Å²) in [6.45, 7) is 15.7. The van der Waals surface area contributed by atoms with Gasteiger partial charge in [0.2, 0.25) is 0 Å². The Morgan fingerprint density at radius 2 is 0.349 bits per heavy atom. The highest BCUT2D eigenvalue weighted by atomic mass is 32.1. The third-order valence-electron chi connectivity index (χ3n) is 23.0. The predicted molar refractivity (Wildman–Crippen MR) is 556 cm³/mol. The van der Waals surface area contributed by atoms with Gasteiger partial charge in [-0.05, 0) is 312 Å². The van der Waals surface area contributed by atoms with Crippen LogP contribution in [0.4, 0.5) is 62.6 Å². The van der Waals surface area contributed by atoms with Crippen molar-refractivity contribution in [1.82, 2.24) is 0 Å². The standard InChI is InChI=1S/C73H63N3S4.C41H29NS4/c1-72(2,3)56-24-40-59(41-25-56)74(7)58-28-12-50(13-29-58)51-14-32-61(33-15-51)76(65-42-26-57(27-43-65)73(4,5)6)62-34-18-53(19-35-62)52-16-30-60(31-17-52)75(63-36-20-54(21-37-63)66-44-46-70(79-66)68-10-8-48-77-68)64-38-22-55(23-39-64)67-45-47-71(80-67)69-11-9-49-78-69;1-28-6-8-29(9-7-28)30-10-16-33(17-11-30)42(34-18-12-31(13-19-34)36-22-24-40(45-36)38-4-2-26-43-38)35-20-14-32(15-21-35)37-23-25-41(46-37)39-5-3-27-44-39/h8-49H,1-7H3;2-27H,1H3. The van der Waals surface area contributed by atoms with E-state index in [2.05, 4.69) is 485 Å². The lowest BCUT2D eigenvalue weighted by Crippen LogP contribution is -2.13. The van der Waals surface area contributed by atoms with E-state index in [0.29, 0.717) is 0 Å². The Morgan fingerprint density at radius 1 is 0.175 bits per heavy atom. The van der Waals surface area contributed by atoms with Gasteiger partial charge >= 0.3 is 0 Å². The molecule has 0 saturated carbocycles. The summed E-state index contributed by atoms with van der Waals surface area (Å²) in [5, 5.41) is 8.57. The quantitative estimate of drug-likeness (QED) is 0.0670. The van der Waals surface area contributed by atoms with Crippen molar-refractivity contribution in [1.29, 1.82) is 0 Å². The molecular weight excluding hydrogens is 1680 g/mol. The molecule has 8 aromatic heterocycles. The van der Waals surface area contributed by atoms with Gasteiger partial charge in [0.05, 0.1) is 0 Å². The summed E-state index contributed by atoms with van der Waals surface area (Å²) in [6.07, 6.45) is 0. The van der Waals surface area contributed by atoms with Gasteiger partial charge < -0.3 is 19.6 Å². The minimum Gasteiger partial charge on any atom is -0.345 e. The molecule has 616 valence electrons. The van der Waals surface area contributed by atoms with Gasteiger partial charge in [-0.25, -0.2) is 0 Å². The second kappa shape index (κ2) is 36.6. The molecular formula is C114H92N4S8. The monoisotopic (exact) mass is 1770 g/mol. The second-order valence-electron chi connectivity index (χ2n) is 33.5. The Balaban J connectivity index is 0.000000190. The van der Waals surface area contributed by atoms with E-state index in [9.17, 15) is 0 Å². The van der Waals surface area contributed by atoms with E-state index >= 15 is 0 Å². The van der Waals surface area contributed by atoms with Crippen molar-refractivity contribution >= 4 is 153 Å². The van der Waals surface area contributed by atoms with Crippen molar-refractivity contribution in [2.24, 2.45) is 0 Å². The molecule has 0 aliphatic carbocycles. The third kappa shape index (κ3) is 18.4. The maximum absolute atomic E-state index is 2.37. The van der Waals surface area contributed by atoms with Crippen LogP contribution >= 0.6 is 90.7 Å². The SMILES string of the molecule is CN(c1ccc(-c2ccc(N(c3ccc(-c4ccc(N(c5ccc(-c6ccc(-c7cccs7)s6)cc5)c5ccc(-c6ccc(-c7cccs7)s6)cc5)cc4)cc3)c3ccc(C(C)(C)C)cc3)cc2)cc1)c1ccc(C(C)(C)C)cc1.Cc1ccc(-c2ccc(N(c3ccc(-c4ccc(-c5cccs5)s4)cc3)c3ccc(-c4ccc(-c5cccs5)s4)cc3)cc2)cc1. The van der Waals surface area contributed by atoms with Gasteiger partial charge in [-0.2, -0.15) is 0 Å². The van der Waals surface area contributed by atoms with Crippen LogP contribution in [0.1, 0.15) is 58.2 Å². The lowest BCUT2D eigenvalue weighted by atomic mass is 9.87. The highest BCUT2D eigenvalue weighted by Gasteiger charge is 2.23. The summed E-state index contributed by atoms with van der Waals surface area (Å²) >= 11 is 14.6. The fourth-order valence-corrected chi connectivity index (χ4v) is 23.3. The smallest absolute Gasteiger partial charge is 0.0462 e. The molecule has 0 spiro atoms. The predicted octanol–water partition coefficient (Wildman–Crippen LogP) is 37.3. The molecule has 0 amide bonds. The number of rotatable bonds is 22. The van der Waals surface area contributed by atoms with Gasteiger partial charge in [-0.15, -0.1) is 90.7 Å². The molecule has 0 atom stereocenters. The van der Waals surface area contributed by atoms with Crippen LogP contribution in [0.5, 0.6) is 0 Å². The van der Waals surface area contributed by atoms with Gasteiger partial charge in [0.1, 0.15) is 0 Å². The number of aryl methyl sites for hydroxylation is 1. The lowest BCUT2D eigenvalue weighted by molar-refractivity contribution is 0.590. The van der Waals surface area contributed by atoms with E-state index in [0.717, 1.165) is 68.0 Å². The molecule has 0 saturated heterocycles. The number of nitrogens with zero attached hydrogens (tertiary/aromatic N) is 4. The zero-order valence-electron chi connectivity index (χ0n) is 71.3. The van der Waals surface area contributed by atoms with E-state index in [4.69, 9.17) is 0 Å². The fourth-order valence-electron chi connectivity index (χ4n) is 15.9. The molecule has 4 nitrogen and oxygen atoms in total. The van der Waals surface area contributed by atoms with Gasteiger partial charge in [-0.1, -0.05) is 229 Å².